The molecule has 1 saturated carbocycles. The summed E-state index contributed by atoms with van der Waals surface area (Å²) in [7, 11) is 1.92. The summed E-state index contributed by atoms with van der Waals surface area (Å²) < 4.78 is 7.59. The second-order valence-corrected chi connectivity index (χ2v) is 8.45. The largest absolute Gasteiger partial charge is 0.379 e. The Morgan fingerprint density at radius 2 is 2.00 bits per heavy atom. The quantitative estimate of drug-likeness (QED) is 0.748. The van der Waals surface area contributed by atoms with Crippen LogP contribution in [0.25, 0.3) is 10.9 Å². The van der Waals surface area contributed by atoms with Gasteiger partial charge in [-0.3, -0.25) is 14.4 Å². The first kappa shape index (κ1) is 20.2. The lowest BCUT2D eigenvalue weighted by atomic mass is 9.89. The van der Waals surface area contributed by atoms with Crippen molar-refractivity contribution in [2.24, 2.45) is 7.05 Å². The molecule has 0 spiro atoms. The Bertz CT molecular complexity index is 850. The third-order valence-electron chi connectivity index (χ3n) is 6.26. The number of rotatable bonds is 7. The van der Waals surface area contributed by atoms with E-state index in [-0.39, 0.29) is 18.5 Å². The monoisotopic (exact) mass is 399 g/mol. The molecule has 2 fully saturated rings. The number of anilines is 1. The Kier molecular flexibility index (Phi) is 6.06. The summed E-state index contributed by atoms with van der Waals surface area (Å²) in [6.07, 6.45) is 5.18. The van der Waals surface area contributed by atoms with E-state index < -0.39 is 0 Å². The van der Waals surface area contributed by atoms with E-state index in [2.05, 4.69) is 52.7 Å². The molecule has 2 heterocycles. The average Bonchev–Trinajstić information content (AvgIpc) is 2.99. The molecule has 2 aliphatic rings. The molecule has 2 N–H and O–H groups in total. The van der Waals surface area contributed by atoms with E-state index in [1.165, 1.54) is 18.4 Å². The van der Waals surface area contributed by atoms with Gasteiger partial charge in [-0.1, -0.05) is 11.6 Å². The minimum absolute atomic E-state index is 0.0289. The summed E-state index contributed by atoms with van der Waals surface area (Å²) in [6, 6.07) is 7.16. The molecule has 0 radical (unpaired) electrons. The number of carbonyl (C=O) groups excluding carboxylic acids is 1. The number of likely N-dealkylation sites (tertiary alicyclic amines) is 1. The molecule has 2 aromatic rings. The maximum absolute atomic E-state index is 12.4. The molecule has 1 aromatic heterocycles. The predicted octanol–water partition coefficient (Wildman–Crippen LogP) is 2.44. The van der Waals surface area contributed by atoms with Crippen molar-refractivity contribution >= 4 is 22.6 Å². The van der Waals surface area contributed by atoms with Gasteiger partial charge in [0.1, 0.15) is 0 Å². The fraction of sp³-hybridized carbons (Fsp3) is 0.636. The van der Waals surface area contributed by atoms with Crippen molar-refractivity contribution in [3.8, 4) is 0 Å². The van der Waals surface area contributed by atoms with E-state index in [1.807, 2.05) is 11.7 Å². The molecule has 1 saturated heterocycles. The van der Waals surface area contributed by atoms with Gasteiger partial charge in [-0.2, -0.15) is 5.10 Å². The number of amides is 1. The maximum Gasteiger partial charge on any atom is 0.239 e. The fourth-order valence-corrected chi connectivity index (χ4v) is 4.67. The summed E-state index contributed by atoms with van der Waals surface area (Å²) in [5.41, 5.74) is 2.25. The molecule has 158 valence electrons. The zero-order valence-electron chi connectivity index (χ0n) is 17.8. The van der Waals surface area contributed by atoms with Crippen LogP contribution in [0.3, 0.4) is 0 Å². The van der Waals surface area contributed by atoms with Gasteiger partial charge in [-0.15, -0.1) is 0 Å². The van der Waals surface area contributed by atoms with Crippen molar-refractivity contribution in [3.05, 3.63) is 23.8 Å². The van der Waals surface area contributed by atoms with Gasteiger partial charge in [0.25, 0.3) is 0 Å². The molecular weight excluding hydrogens is 366 g/mol. The van der Waals surface area contributed by atoms with Crippen molar-refractivity contribution < 1.29 is 9.53 Å². The number of hydrogen-bond donors (Lipinski definition) is 2. The minimum atomic E-state index is 0.0289. The van der Waals surface area contributed by atoms with Crippen LogP contribution in [-0.2, 0) is 16.6 Å². The Morgan fingerprint density at radius 1 is 1.24 bits per heavy atom. The van der Waals surface area contributed by atoms with Crippen LogP contribution in [0.1, 0.15) is 38.2 Å². The summed E-state index contributed by atoms with van der Waals surface area (Å²) in [5.74, 6) is 0.795. The van der Waals surface area contributed by atoms with Gasteiger partial charge in [-0.05, 0) is 51.7 Å². The Labute approximate surface area is 172 Å². The molecule has 1 aliphatic carbocycles. The topological polar surface area (TPSA) is 71.4 Å². The molecule has 4 rings (SSSR count). The molecule has 29 heavy (non-hydrogen) atoms. The van der Waals surface area contributed by atoms with Crippen LogP contribution in [0.5, 0.6) is 0 Å². The van der Waals surface area contributed by atoms with Crippen molar-refractivity contribution in [1.29, 1.82) is 0 Å². The van der Waals surface area contributed by atoms with Gasteiger partial charge in [-0.25, -0.2) is 0 Å². The van der Waals surface area contributed by atoms with E-state index in [9.17, 15) is 4.79 Å². The highest BCUT2D eigenvalue weighted by molar-refractivity contribution is 5.92. The number of ether oxygens (including phenoxy) is 1. The van der Waals surface area contributed by atoms with Crippen LogP contribution in [-0.4, -0.2) is 65.0 Å². The number of carbonyl (C=O) groups is 1. The zero-order valence-corrected chi connectivity index (χ0v) is 17.8. The predicted molar refractivity (Wildman–Crippen MR) is 115 cm³/mol. The van der Waals surface area contributed by atoms with Gasteiger partial charge in [0, 0.05) is 38.2 Å². The molecule has 7 heteroatoms. The van der Waals surface area contributed by atoms with Crippen molar-refractivity contribution in [2.45, 2.75) is 57.7 Å². The third-order valence-corrected chi connectivity index (χ3v) is 6.26. The van der Waals surface area contributed by atoms with Crippen molar-refractivity contribution in [2.75, 3.05) is 31.6 Å². The van der Waals surface area contributed by atoms with Gasteiger partial charge in [0.05, 0.1) is 24.2 Å². The molecule has 1 aliphatic heterocycles. The van der Waals surface area contributed by atoms with Gasteiger partial charge >= 0.3 is 0 Å². The number of hydrogen-bond acceptors (Lipinski definition) is 5. The van der Waals surface area contributed by atoms with E-state index in [0.29, 0.717) is 12.1 Å². The van der Waals surface area contributed by atoms with Crippen LogP contribution in [0, 0.1) is 6.92 Å². The summed E-state index contributed by atoms with van der Waals surface area (Å²) in [6.45, 7) is 7.11. The van der Waals surface area contributed by atoms with E-state index >= 15 is 0 Å². The number of nitrogens with zero attached hydrogens (tertiary/aromatic N) is 3. The van der Waals surface area contributed by atoms with Gasteiger partial charge in [0.15, 0.2) is 5.82 Å². The second kappa shape index (κ2) is 8.71. The van der Waals surface area contributed by atoms with Crippen LogP contribution >= 0.6 is 0 Å². The first-order valence-corrected chi connectivity index (χ1v) is 10.9. The lowest BCUT2D eigenvalue weighted by Gasteiger charge is -2.46. The lowest BCUT2D eigenvalue weighted by Crippen LogP contribution is -2.63. The Hall–Kier alpha value is -2.12. The summed E-state index contributed by atoms with van der Waals surface area (Å²) in [4.78, 5) is 14.9. The number of benzene rings is 1. The fourth-order valence-electron chi connectivity index (χ4n) is 4.67. The normalized spacial score (nSPS) is 23.1. The van der Waals surface area contributed by atoms with Crippen LogP contribution in [0.4, 0.5) is 5.82 Å². The smallest absolute Gasteiger partial charge is 0.239 e. The van der Waals surface area contributed by atoms with Gasteiger partial charge < -0.3 is 15.4 Å². The molecule has 0 bridgehead atoms. The van der Waals surface area contributed by atoms with Gasteiger partial charge in [0.2, 0.25) is 5.91 Å². The van der Waals surface area contributed by atoms with E-state index in [4.69, 9.17) is 4.74 Å². The first-order valence-electron chi connectivity index (χ1n) is 10.9. The van der Waals surface area contributed by atoms with Crippen LogP contribution in [0.2, 0.25) is 0 Å². The lowest BCUT2D eigenvalue weighted by molar-refractivity contribution is -0.121. The highest BCUT2D eigenvalue weighted by atomic mass is 16.5. The number of fused-ring (bicyclic) bond motifs is 1. The van der Waals surface area contributed by atoms with E-state index in [0.717, 1.165) is 49.3 Å². The van der Waals surface area contributed by atoms with Crippen molar-refractivity contribution in [1.82, 2.24) is 20.0 Å². The number of aromatic nitrogens is 2. The summed E-state index contributed by atoms with van der Waals surface area (Å²) in [5, 5.41) is 11.9. The van der Waals surface area contributed by atoms with E-state index in [1.54, 1.807) is 0 Å². The Morgan fingerprint density at radius 3 is 2.72 bits per heavy atom. The maximum atomic E-state index is 12.4. The molecule has 1 amide bonds. The zero-order chi connectivity index (χ0) is 20.4. The third kappa shape index (κ3) is 4.56. The second-order valence-electron chi connectivity index (χ2n) is 8.45. The molecule has 7 nitrogen and oxygen atoms in total. The highest BCUT2D eigenvalue weighted by Crippen LogP contribution is 2.28. The average molecular weight is 400 g/mol. The minimum Gasteiger partial charge on any atom is -0.379 e. The Balaban J connectivity index is 1.21. The standard InChI is InChI=1S/C22H33N5O2/c1-4-29-18-8-6-17(7-9-18)27-13-16(14-27)24-21(28)12-23-22-19-11-15(2)5-10-20(19)26(3)25-22/h5,10-11,16-18H,4,6-9,12-14H2,1-3H3,(H,23,25)(H,24,28)/t17-,18+. The molecular formula is C22H33N5O2. The number of aryl methyl sites for hydroxylation is 2. The molecule has 1 aromatic carbocycles. The van der Waals surface area contributed by atoms with Crippen molar-refractivity contribution in [3.63, 3.8) is 0 Å². The summed E-state index contributed by atoms with van der Waals surface area (Å²) >= 11 is 0. The van der Waals surface area contributed by atoms with Crippen LogP contribution < -0.4 is 10.6 Å². The molecule has 0 atom stereocenters. The number of nitrogens with one attached hydrogen (secondary N) is 2. The van der Waals surface area contributed by atoms with Crippen LogP contribution in [0.15, 0.2) is 18.2 Å². The first-order chi connectivity index (χ1) is 14.0. The SMILES string of the molecule is CCO[C@H]1CC[C@@H](N2CC(NC(=O)CNc3nn(C)c4ccc(C)cc34)C2)CC1. The highest BCUT2D eigenvalue weighted by Gasteiger charge is 2.35. The molecule has 0 unspecified atom stereocenters.